The number of aryl methyl sites for hydroxylation is 2. The van der Waals surface area contributed by atoms with Gasteiger partial charge in [0, 0.05) is 6.54 Å². The molecule has 1 nitrogen and oxygen atoms in total. The van der Waals surface area contributed by atoms with Gasteiger partial charge in [-0.3, -0.25) is 0 Å². The molecule has 1 heteroatoms. The van der Waals surface area contributed by atoms with Gasteiger partial charge in [0.15, 0.2) is 0 Å². The van der Waals surface area contributed by atoms with Gasteiger partial charge in [-0.1, -0.05) is 44.0 Å². The highest BCUT2D eigenvalue weighted by atomic mass is 14.9. The lowest BCUT2D eigenvalue weighted by molar-refractivity contribution is 0.128. The minimum Gasteiger partial charge on any atom is -0.316 e. The fourth-order valence-corrected chi connectivity index (χ4v) is 3.11. The van der Waals surface area contributed by atoms with Crippen LogP contribution in [-0.4, -0.2) is 13.1 Å². The highest BCUT2D eigenvalue weighted by Crippen LogP contribution is 2.43. The number of hydrogen-bond acceptors (Lipinski definition) is 1. The summed E-state index contributed by atoms with van der Waals surface area (Å²) in [6.45, 7) is 11.4. The molecule has 0 unspecified atom stereocenters. The normalized spacial score (nSPS) is 17.5. The molecule has 0 atom stereocenters. The van der Waals surface area contributed by atoms with E-state index in [1.54, 1.807) is 5.56 Å². The van der Waals surface area contributed by atoms with Crippen LogP contribution in [0.2, 0.25) is 0 Å². The Bertz CT molecular complexity index is 416. The molecule has 0 radical (unpaired) electrons. The number of hydrogen-bond donors (Lipinski definition) is 1. The molecule has 0 saturated heterocycles. The Labute approximate surface area is 118 Å². The lowest BCUT2D eigenvalue weighted by atomic mass is 9.65. The van der Waals surface area contributed by atoms with Crippen LogP contribution in [0.15, 0.2) is 18.2 Å². The quantitative estimate of drug-likeness (QED) is 0.805. The van der Waals surface area contributed by atoms with E-state index < -0.39 is 0 Å². The van der Waals surface area contributed by atoms with Crippen molar-refractivity contribution in [2.24, 2.45) is 11.3 Å². The Morgan fingerprint density at radius 1 is 1.21 bits per heavy atom. The smallest absolute Gasteiger partial charge is 0.00111 e. The summed E-state index contributed by atoms with van der Waals surface area (Å²) in [4.78, 5) is 0. The maximum Gasteiger partial charge on any atom is 0.00111 e. The summed E-state index contributed by atoms with van der Waals surface area (Å²) < 4.78 is 0. The molecular weight excluding hydrogens is 230 g/mol. The van der Waals surface area contributed by atoms with Crippen LogP contribution < -0.4 is 5.32 Å². The first-order chi connectivity index (χ1) is 9.01. The molecule has 0 spiro atoms. The number of benzene rings is 1. The van der Waals surface area contributed by atoms with Crippen molar-refractivity contribution >= 4 is 0 Å². The first-order valence-corrected chi connectivity index (χ1v) is 7.78. The van der Waals surface area contributed by atoms with Crippen molar-refractivity contribution in [3.8, 4) is 0 Å². The second-order valence-corrected chi connectivity index (χ2v) is 6.99. The highest BCUT2D eigenvalue weighted by molar-refractivity contribution is 5.31. The third-order valence-corrected chi connectivity index (χ3v) is 4.54. The predicted octanol–water partition coefficient (Wildman–Crippen LogP) is 4.26. The van der Waals surface area contributed by atoms with Crippen molar-refractivity contribution in [2.75, 3.05) is 13.1 Å². The molecule has 1 fully saturated rings. The van der Waals surface area contributed by atoms with Gasteiger partial charge in [-0.25, -0.2) is 0 Å². The van der Waals surface area contributed by atoms with Gasteiger partial charge in [-0.15, -0.1) is 0 Å². The summed E-state index contributed by atoms with van der Waals surface area (Å²) >= 11 is 0. The molecule has 19 heavy (non-hydrogen) atoms. The molecule has 1 aliphatic rings. The monoisotopic (exact) mass is 259 g/mol. The molecule has 106 valence electrons. The minimum absolute atomic E-state index is 0.535. The lowest BCUT2D eigenvalue weighted by Gasteiger charge is -2.43. The average molecular weight is 259 g/mol. The predicted molar refractivity (Wildman–Crippen MR) is 83.6 cm³/mol. The molecule has 0 aromatic heterocycles. The molecule has 0 aliphatic heterocycles. The summed E-state index contributed by atoms with van der Waals surface area (Å²) in [5.41, 5.74) is 4.95. The first kappa shape index (κ1) is 14.6. The van der Waals surface area contributed by atoms with Crippen LogP contribution in [0.25, 0.3) is 0 Å². The SMILES string of the molecule is Cc1ccc(C)c(CC2(CNCC(C)C)CCC2)c1. The molecule has 0 bridgehead atoms. The van der Waals surface area contributed by atoms with Crippen LogP contribution in [0.1, 0.15) is 49.8 Å². The summed E-state index contributed by atoms with van der Waals surface area (Å²) in [7, 11) is 0. The second kappa shape index (κ2) is 6.09. The first-order valence-electron chi connectivity index (χ1n) is 7.78. The van der Waals surface area contributed by atoms with E-state index in [0.717, 1.165) is 12.5 Å². The largest absolute Gasteiger partial charge is 0.316 e. The Hall–Kier alpha value is -0.820. The molecule has 1 N–H and O–H groups in total. The molecule has 2 rings (SSSR count). The zero-order valence-corrected chi connectivity index (χ0v) is 13.1. The highest BCUT2D eigenvalue weighted by Gasteiger charge is 2.36. The van der Waals surface area contributed by atoms with Crippen molar-refractivity contribution in [1.82, 2.24) is 5.32 Å². The van der Waals surface area contributed by atoms with E-state index in [0.29, 0.717) is 5.41 Å². The fraction of sp³-hybridized carbons (Fsp3) is 0.667. The van der Waals surface area contributed by atoms with Crippen LogP contribution in [-0.2, 0) is 6.42 Å². The van der Waals surface area contributed by atoms with Crippen LogP contribution in [0, 0.1) is 25.2 Å². The molecule has 1 saturated carbocycles. The van der Waals surface area contributed by atoms with Crippen LogP contribution >= 0.6 is 0 Å². The number of nitrogens with one attached hydrogen (secondary N) is 1. The van der Waals surface area contributed by atoms with Gasteiger partial charge in [0.25, 0.3) is 0 Å². The van der Waals surface area contributed by atoms with Gasteiger partial charge in [0.1, 0.15) is 0 Å². The van der Waals surface area contributed by atoms with Crippen LogP contribution in [0.3, 0.4) is 0 Å². The Morgan fingerprint density at radius 2 is 1.95 bits per heavy atom. The van der Waals surface area contributed by atoms with E-state index in [1.807, 2.05) is 0 Å². The third-order valence-electron chi connectivity index (χ3n) is 4.54. The molecule has 0 amide bonds. The van der Waals surface area contributed by atoms with E-state index in [-0.39, 0.29) is 0 Å². The molecule has 1 aromatic carbocycles. The van der Waals surface area contributed by atoms with E-state index in [4.69, 9.17) is 0 Å². The summed E-state index contributed by atoms with van der Waals surface area (Å²) in [5.74, 6) is 0.748. The van der Waals surface area contributed by atoms with E-state index in [1.165, 1.54) is 43.4 Å². The average Bonchev–Trinajstić information content (AvgIpc) is 2.30. The molecule has 1 aliphatic carbocycles. The zero-order valence-electron chi connectivity index (χ0n) is 13.1. The van der Waals surface area contributed by atoms with Crippen molar-refractivity contribution < 1.29 is 0 Å². The Balaban J connectivity index is 1.99. The third kappa shape index (κ3) is 3.82. The second-order valence-electron chi connectivity index (χ2n) is 6.99. The van der Waals surface area contributed by atoms with Gasteiger partial charge in [-0.05, 0) is 62.1 Å². The van der Waals surface area contributed by atoms with Crippen molar-refractivity contribution in [2.45, 2.75) is 53.4 Å². The summed E-state index contributed by atoms with van der Waals surface area (Å²) in [5, 5.41) is 3.68. The summed E-state index contributed by atoms with van der Waals surface area (Å²) in [6, 6.07) is 6.89. The van der Waals surface area contributed by atoms with Crippen LogP contribution in [0.4, 0.5) is 0 Å². The molecule has 0 heterocycles. The number of rotatable bonds is 6. The van der Waals surface area contributed by atoms with Crippen LogP contribution in [0.5, 0.6) is 0 Å². The zero-order chi connectivity index (χ0) is 13.9. The van der Waals surface area contributed by atoms with Crippen molar-refractivity contribution in [1.29, 1.82) is 0 Å². The lowest BCUT2D eigenvalue weighted by Crippen LogP contribution is -2.42. The van der Waals surface area contributed by atoms with Gasteiger partial charge in [-0.2, -0.15) is 0 Å². The maximum atomic E-state index is 3.68. The van der Waals surface area contributed by atoms with Gasteiger partial charge in [0.05, 0.1) is 0 Å². The van der Waals surface area contributed by atoms with Gasteiger partial charge in [0.2, 0.25) is 0 Å². The topological polar surface area (TPSA) is 12.0 Å². The Kier molecular flexibility index (Phi) is 4.67. The van der Waals surface area contributed by atoms with Crippen molar-refractivity contribution in [3.05, 3.63) is 34.9 Å². The van der Waals surface area contributed by atoms with Gasteiger partial charge < -0.3 is 5.32 Å². The standard InChI is InChI=1S/C18H29N/c1-14(2)12-19-13-18(8-5-9-18)11-17-10-15(3)6-7-16(17)4/h6-7,10,14,19H,5,8-9,11-13H2,1-4H3. The molecule has 1 aromatic rings. The van der Waals surface area contributed by atoms with E-state index in [9.17, 15) is 0 Å². The van der Waals surface area contributed by atoms with E-state index >= 15 is 0 Å². The maximum absolute atomic E-state index is 3.68. The van der Waals surface area contributed by atoms with Gasteiger partial charge >= 0.3 is 0 Å². The fourth-order valence-electron chi connectivity index (χ4n) is 3.11. The minimum atomic E-state index is 0.535. The van der Waals surface area contributed by atoms with E-state index in [2.05, 4.69) is 51.2 Å². The van der Waals surface area contributed by atoms with Crippen molar-refractivity contribution in [3.63, 3.8) is 0 Å². The Morgan fingerprint density at radius 3 is 2.53 bits per heavy atom. The molecular formula is C18H29N. The summed E-state index contributed by atoms with van der Waals surface area (Å²) in [6.07, 6.45) is 5.46.